The van der Waals surface area contributed by atoms with Gasteiger partial charge >= 0.3 is 0 Å². The van der Waals surface area contributed by atoms with Crippen molar-refractivity contribution < 1.29 is 19.4 Å². The van der Waals surface area contributed by atoms with Crippen LogP contribution in [0.25, 0.3) is 0 Å². The summed E-state index contributed by atoms with van der Waals surface area (Å²) in [6.45, 7) is 0.926. The third-order valence-electron chi connectivity index (χ3n) is 5.05. The van der Waals surface area contributed by atoms with Gasteiger partial charge in [0, 0.05) is 18.4 Å². The van der Waals surface area contributed by atoms with Crippen LogP contribution in [0.2, 0.25) is 0 Å². The Hall–Kier alpha value is -2.60. The molecule has 1 saturated carbocycles. The van der Waals surface area contributed by atoms with Gasteiger partial charge in [0.2, 0.25) is 0 Å². The first kappa shape index (κ1) is 16.8. The van der Waals surface area contributed by atoms with Crippen molar-refractivity contribution in [1.82, 2.24) is 10.3 Å². The molecule has 4 rings (SSSR count). The van der Waals surface area contributed by atoms with E-state index in [1.165, 1.54) is 0 Å². The maximum absolute atomic E-state index is 12.9. The van der Waals surface area contributed by atoms with Crippen LogP contribution in [-0.2, 0) is 6.42 Å². The number of amides is 1. The predicted molar refractivity (Wildman–Crippen MR) is 95.4 cm³/mol. The molecule has 1 aromatic heterocycles. The number of carbonyl (C=O) groups is 1. The van der Waals surface area contributed by atoms with Crippen molar-refractivity contribution in [2.45, 2.75) is 31.4 Å². The molecule has 0 saturated heterocycles. The molecular weight excluding hydrogens is 332 g/mol. The quantitative estimate of drug-likeness (QED) is 0.858. The average molecular weight is 354 g/mol. The first-order valence-electron chi connectivity index (χ1n) is 8.97. The number of aliphatic hydroxyl groups is 1. The normalized spacial score (nSPS) is 22.2. The van der Waals surface area contributed by atoms with E-state index in [2.05, 4.69) is 10.3 Å². The zero-order chi connectivity index (χ0) is 17.9. The molecule has 0 radical (unpaired) electrons. The number of ether oxygens (including phenoxy) is 2. The number of aliphatic hydroxyl groups excluding tert-OH is 1. The van der Waals surface area contributed by atoms with E-state index >= 15 is 0 Å². The Morgan fingerprint density at radius 2 is 1.96 bits per heavy atom. The molecule has 2 N–H and O–H groups in total. The standard InChI is InChI=1S/C20H22N2O4/c23-15-11-14(12-15)17(10-13-4-6-21-7-5-13)22-20(24)16-2-1-3-18-19(16)26-9-8-25-18/h1-7,14-15,17,23H,8-12H2,(H,22,24). The molecule has 1 fully saturated rings. The van der Waals surface area contributed by atoms with Gasteiger partial charge in [0.05, 0.1) is 11.7 Å². The predicted octanol–water partition coefficient (Wildman–Crippen LogP) is 1.96. The number of nitrogens with one attached hydrogen (secondary N) is 1. The van der Waals surface area contributed by atoms with Crippen LogP contribution >= 0.6 is 0 Å². The van der Waals surface area contributed by atoms with Gasteiger partial charge in [-0.25, -0.2) is 0 Å². The van der Waals surface area contributed by atoms with E-state index in [0.29, 0.717) is 49.5 Å². The van der Waals surface area contributed by atoms with Crippen molar-refractivity contribution in [3.63, 3.8) is 0 Å². The number of aromatic nitrogens is 1. The van der Waals surface area contributed by atoms with Crippen molar-refractivity contribution in [2.75, 3.05) is 13.2 Å². The van der Waals surface area contributed by atoms with Gasteiger partial charge in [-0.1, -0.05) is 6.07 Å². The first-order chi connectivity index (χ1) is 12.7. The third kappa shape index (κ3) is 3.51. The SMILES string of the molecule is O=C(NC(Cc1ccncc1)C1CC(O)C1)c1cccc2c1OCCO2. The van der Waals surface area contributed by atoms with Crippen LogP contribution < -0.4 is 14.8 Å². The summed E-state index contributed by atoms with van der Waals surface area (Å²) in [5, 5.41) is 12.8. The highest BCUT2D eigenvalue weighted by atomic mass is 16.6. The molecule has 2 aliphatic rings. The van der Waals surface area contributed by atoms with Crippen molar-refractivity contribution in [2.24, 2.45) is 5.92 Å². The summed E-state index contributed by atoms with van der Waals surface area (Å²) < 4.78 is 11.2. The number of carbonyl (C=O) groups excluding carboxylic acids is 1. The Morgan fingerprint density at radius 1 is 1.19 bits per heavy atom. The Morgan fingerprint density at radius 3 is 2.73 bits per heavy atom. The van der Waals surface area contributed by atoms with Crippen molar-refractivity contribution in [1.29, 1.82) is 0 Å². The number of rotatable bonds is 5. The molecule has 136 valence electrons. The minimum Gasteiger partial charge on any atom is -0.486 e. The molecule has 26 heavy (non-hydrogen) atoms. The zero-order valence-electron chi connectivity index (χ0n) is 14.4. The van der Waals surface area contributed by atoms with Gasteiger partial charge in [-0.05, 0) is 55.0 Å². The molecule has 6 heteroatoms. The van der Waals surface area contributed by atoms with E-state index < -0.39 is 0 Å². The van der Waals surface area contributed by atoms with Crippen molar-refractivity contribution in [3.05, 3.63) is 53.9 Å². The maximum atomic E-state index is 12.9. The molecule has 2 heterocycles. The number of nitrogens with zero attached hydrogens (tertiary/aromatic N) is 1. The third-order valence-corrected chi connectivity index (χ3v) is 5.05. The minimum absolute atomic E-state index is 0.0475. The van der Waals surface area contributed by atoms with Gasteiger partial charge in [0.1, 0.15) is 13.2 Å². The fraction of sp³-hybridized carbons (Fsp3) is 0.400. The van der Waals surface area contributed by atoms with Crippen molar-refractivity contribution in [3.8, 4) is 11.5 Å². The second-order valence-corrected chi connectivity index (χ2v) is 6.85. The van der Waals surface area contributed by atoms with E-state index in [9.17, 15) is 9.90 Å². The molecule has 1 amide bonds. The summed E-state index contributed by atoms with van der Waals surface area (Å²) in [5.41, 5.74) is 1.60. The summed E-state index contributed by atoms with van der Waals surface area (Å²) >= 11 is 0. The summed E-state index contributed by atoms with van der Waals surface area (Å²) in [5.74, 6) is 1.20. The molecule has 0 bridgehead atoms. The van der Waals surface area contributed by atoms with E-state index in [4.69, 9.17) is 9.47 Å². The number of para-hydroxylation sites is 1. The van der Waals surface area contributed by atoms with Crippen molar-refractivity contribution >= 4 is 5.91 Å². The lowest BCUT2D eigenvalue weighted by Crippen LogP contribution is -2.48. The van der Waals surface area contributed by atoms with E-state index in [1.54, 1.807) is 24.5 Å². The number of fused-ring (bicyclic) bond motifs is 1. The Balaban J connectivity index is 1.53. The molecule has 1 unspecified atom stereocenters. The molecule has 1 atom stereocenters. The highest BCUT2D eigenvalue weighted by Gasteiger charge is 2.35. The molecular formula is C20H22N2O4. The monoisotopic (exact) mass is 354 g/mol. The fourth-order valence-electron chi connectivity index (χ4n) is 3.57. The topological polar surface area (TPSA) is 80.7 Å². The molecule has 1 aromatic carbocycles. The lowest BCUT2D eigenvalue weighted by molar-refractivity contribution is 0.0238. The molecule has 1 aliphatic carbocycles. The van der Waals surface area contributed by atoms with Gasteiger partial charge in [-0.15, -0.1) is 0 Å². The van der Waals surface area contributed by atoms with Gasteiger partial charge in [-0.3, -0.25) is 9.78 Å². The van der Waals surface area contributed by atoms with Gasteiger partial charge < -0.3 is 19.9 Å². The average Bonchev–Trinajstić information content (AvgIpc) is 2.65. The molecule has 2 aromatic rings. The highest BCUT2D eigenvalue weighted by molar-refractivity contribution is 5.98. The summed E-state index contributed by atoms with van der Waals surface area (Å²) in [4.78, 5) is 17.0. The lowest BCUT2D eigenvalue weighted by atomic mass is 9.75. The van der Waals surface area contributed by atoms with E-state index in [1.807, 2.05) is 18.2 Å². The van der Waals surface area contributed by atoms with Crippen LogP contribution in [0.1, 0.15) is 28.8 Å². The van der Waals surface area contributed by atoms with E-state index in [0.717, 1.165) is 5.56 Å². The number of benzene rings is 1. The molecule has 0 spiro atoms. The summed E-state index contributed by atoms with van der Waals surface area (Å²) in [7, 11) is 0. The van der Waals surface area contributed by atoms with Crippen LogP contribution in [0.15, 0.2) is 42.7 Å². The smallest absolute Gasteiger partial charge is 0.255 e. The molecule has 6 nitrogen and oxygen atoms in total. The second kappa shape index (κ2) is 7.33. The zero-order valence-corrected chi connectivity index (χ0v) is 14.4. The minimum atomic E-state index is -0.266. The first-order valence-corrected chi connectivity index (χ1v) is 8.97. The number of hydrogen-bond acceptors (Lipinski definition) is 5. The largest absolute Gasteiger partial charge is 0.486 e. The Kier molecular flexibility index (Phi) is 4.75. The number of hydrogen-bond donors (Lipinski definition) is 2. The van der Waals surface area contributed by atoms with Gasteiger partial charge in [0.25, 0.3) is 5.91 Å². The molecule has 1 aliphatic heterocycles. The summed E-state index contributed by atoms with van der Waals surface area (Å²) in [6.07, 6.45) is 5.37. The van der Waals surface area contributed by atoms with Crippen LogP contribution in [0.5, 0.6) is 11.5 Å². The summed E-state index contributed by atoms with van der Waals surface area (Å²) in [6, 6.07) is 9.22. The highest BCUT2D eigenvalue weighted by Crippen LogP contribution is 2.35. The Bertz CT molecular complexity index is 775. The van der Waals surface area contributed by atoms with Crippen LogP contribution in [0, 0.1) is 5.92 Å². The maximum Gasteiger partial charge on any atom is 0.255 e. The fourth-order valence-corrected chi connectivity index (χ4v) is 3.57. The number of pyridine rings is 1. The lowest BCUT2D eigenvalue weighted by Gasteiger charge is -2.38. The Labute approximate surface area is 152 Å². The van der Waals surface area contributed by atoms with Crippen LogP contribution in [0.3, 0.4) is 0 Å². The van der Waals surface area contributed by atoms with Crippen LogP contribution in [0.4, 0.5) is 0 Å². The second-order valence-electron chi connectivity index (χ2n) is 6.85. The van der Waals surface area contributed by atoms with Crippen LogP contribution in [-0.4, -0.2) is 41.4 Å². The van der Waals surface area contributed by atoms with Gasteiger partial charge in [-0.2, -0.15) is 0 Å². The van der Waals surface area contributed by atoms with Gasteiger partial charge in [0.15, 0.2) is 11.5 Å². The van der Waals surface area contributed by atoms with E-state index in [-0.39, 0.29) is 24.0 Å².